The molecule has 0 radical (unpaired) electrons. The third kappa shape index (κ3) is 5.06. The number of thioether (sulfide) groups is 1. The Morgan fingerprint density at radius 3 is 3.00 bits per heavy atom. The molecule has 1 heterocycles. The number of nitrogens with zero attached hydrogens (tertiary/aromatic N) is 1. The molecule has 0 aromatic carbocycles. The summed E-state index contributed by atoms with van der Waals surface area (Å²) in [7, 11) is 0. The van der Waals surface area contributed by atoms with Crippen molar-refractivity contribution < 1.29 is 9.53 Å². The van der Waals surface area contributed by atoms with E-state index in [1.807, 2.05) is 16.7 Å². The number of hydrogen-bond donors (Lipinski definition) is 1. The van der Waals surface area contributed by atoms with Gasteiger partial charge in [-0.2, -0.15) is 11.8 Å². The molecule has 0 aromatic rings. The maximum Gasteiger partial charge on any atom is 0.318 e. The van der Waals surface area contributed by atoms with Crippen LogP contribution in [-0.4, -0.2) is 54.3 Å². The van der Waals surface area contributed by atoms with Crippen molar-refractivity contribution in [1.82, 2.24) is 10.2 Å². The van der Waals surface area contributed by atoms with Gasteiger partial charge in [0.15, 0.2) is 0 Å². The second-order valence-electron chi connectivity index (χ2n) is 4.67. The Bertz CT molecular complexity index is 251. The number of rotatable bonds is 6. The minimum Gasteiger partial charge on any atom is -0.377 e. The zero-order valence-corrected chi connectivity index (χ0v) is 12.6. The number of amides is 2. The molecule has 2 amide bonds. The molecular formula is C13H26N2O2S. The van der Waals surface area contributed by atoms with E-state index >= 15 is 0 Å². The standard InChI is InChI=1S/C13H26N2O2S/c1-4-12-10-17-8-7-15(12)13(16)14-11(3)6-9-18-5-2/h11-12H,4-10H2,1-3H3,(H,14,16)/t11-,12-/m0/s1. The molecule has 0 bridgehead atoms. The molecule has 0 unspecified atom stereocenters. The highest BCUT2D eigenvalue weighted by Gasteiger charge is 2.26. The van der Waals surface area contributed by atoms with Crippen molar-refractivity contribution >= 4 is 17.8 Å². The van der Waals surface area contributed by atoms with Gasteiger partial charge in [-0.25, -0.2) is 4.79 Å². The molecular weight excluding hydrogens is 248 g/mol. The van der Waals surface area contributed by atoms with Crippen LogP contribution in [0.15, 0.2) is 0 Å². The molecule has 0 aliphatic carbocycles. The van der Waals surface area contributed by atoms with Crippen LogP contribution in [0.5, 0.6) is 0 Å². The van der Waals surface area contributed by atoms with Crippen LogP contribution in [0.2, 0.25) is 0 Å². The lowest BCUT2D eigenvalue weighted by molar-refractivity contribution is 0.0108. The molecule has 1 fully saturated rings. The van der Waals surface area contributed by atoms with E-state index in [4.69, 9.17) is 4.74 Å². The van der Waals surface area contributed by atoms with Crippen molar-refractivity contribution in [1.29, 1.82) is 0 Å². The van der Waals surface area contributed by atoms with E-state index in [2.05, 4.69) is 26.1 Å². The van der Waals surface area contributed by atoms with Gasteiger partial charge in [-0.1, -0.05) is 13.8 Å². The lowest BCUT2D eigenvalue weighted by Gasteiger charge is -2.35. The van der Waals surface area contributed by atoms with Crippen molar-refractivity contribution in [2.75, 3.05) is 31.3 Å². The first-order valence-corrected chi connectivity index (χ1v) is 8.07. The van der Waals surface area contributed by atoms with Gasteiger partial charge >= 0.3 is 6.03 Å². The third-order valence-electron chi connectivity index (χ3n) is 3.23. The fraction of sp³-hybridized carbons (Fsp3) is 0.923. The Morgan fingerprint density at radius 2 is 2.33 bits per heavy atom. The van der Waals surface area contributed by atoms with E-state index in [0.29, 0.717) is 19.8 Å². The molecule has 106 valence electrons. The molecule has 0 aromatic heterocycles. The predicted octanol–water partition coefficient (Wildman–Crippen LogP) is 2.34. The van der Waals surface area contributed by atoms with Crippen molar-refractivity contribution in [3.05, 3.63) is 0 Å². The highest BCUT2D eigenvalue weighted by Crippen LogP contribution is 2.11. The van der Waals surface area contributed by atoms with E-state index in [-0.39, 0.29) is 18.1 Å². The van der Waals surface area contributed by atoms with Crippen LogP contribution < -0.4 is 5.32 Å². The summed E-state index contributed by atoms with van der Waals surface area (Å²) in [5, 5.41) is 3.09. The lowest BCUT2D eigenvalue weighted by Crippen LogP contribution is -2.53. The van der Waals surface area contributed by atoms with Crippen molar-refractivity contribution in [3.63, 3.8) is 0 Å². The molecule has 5 heteroatoms. The van der Waals surface area contributed by atoms with Crippen LogP contribution >= 0.6 is 11.8 Å². The summed E-state index contributed by atoms with van der Waals surface area (Å²) in [6.07, 6.45) is 1.98. The average Bonchev–Trinajstić information content (AvgIpc) is 2.39. The topological polar surface area (TPSA) is 41.6 Å². The van der Waals surface area contributed by atoms with Gasteiger partial charge in [-0.3, -0.25) is 0 Å². The van der Waals surface area contributed by atoms with Crippen LogP contribution in [0.25, 0.3) is 0 Å². The number of nitrogens with one attached hydrogen (secondary N) is 1. The summed E-state index contributed by atoms with van der Waals surface area (Å²) < 4.78 is 5.41. The number of urea groups is 1. The first-order chi connectivity index (χ1) is 8.69. The minimum absolute atomic E-state index is 0.0687. The first kappa shape index (κ1) is 15.6. The van der Waals surface area contributed by atoms with Crippen molar-refractivity contribution in [2.45, 2.75) is 45.7 Å². The van der Waals surface area contributed by atoms with Crippen LogP contribution in [0.3, 0.4) is 0 Å². The molecule has 1 N–H and O–H groups in total. The number of ether oxygens (including phenoxy) is 1. The summed E-state index contributed by atoms with van der Waals surface area (Å²) in [4.78, 5) is 14.1. The number of hydrogen-bond acceptors (Lipinski definition) is 3. The highest BCUT2D eigenvalue weighted by atomic mass is 32.2. The Balaban J connectivity index is 2.33. The second kappa shape index (κ2) is 8.64. The van der Waals surface area contributed by atoms with E-state index in [0.717, 1.165) is 24.3 Å². The number of carbonyl (C=O) groups excluding carboxylic acids is 1. The van der Waals surface area contributed by atoms with Gasteiger partial charge in [-0.15, -0.1) is 0 Å². The van der Waals surface area contributed by atoms with Crippen molar-refractivity contribution in [2.24, 2.45) is 0 Å². The Morgan fingerprint density at radius 1 is 1.56 bits per heavy atom. The molecule has 1 aliphatic rings. The van der Waals surface area contributed by atoms with Gasteiger partial charge in [0.2, 0.25) is 0 Å². The Kier molecular flexibility index (Phi) is 7.51. The Hall–Kier alpha value is -0.420. The molecule has 18 heavy (non-hydrogen) atoms. The molecule has 1 rings (SSSR count). The molecule has 4 nitrogen and oxygen atoms in total. The van der Waals surface area contributed by atoms with Crippen LogP contribution in [-0.2, 0) is 4.74 Å². The van der Waals surface area contributed by atoms with E-state index in [9.17, 15) is 4.79 Å². The molecule has 1 aliphatic heterocycles. The zero-order valence-electron chi connectivity index (χ0n) is 11.8. The minimum atomic E-state index is 0.0687. The van der Waals surface area contributed by atoms with Crippen LogP contribution in [0.4, 0.5) is 4.79 Å². The highest BCUT2D eigenvalue weighted by molar-refractivity contribution is 7.99. The number of morpholine rings is 1. The summed E-state index contributed by atoms with van der Waals surface area (Å²) in [5.41, 5.74) is 0. The normalized spacial score (nSPS) is 21.7. The summed E-state index contributed by atoms with van der Waals surface area (Å²) in [6, 6.07) is 0.548. The van der Waals surface area contributed by atoms with Gasteiger partial charge in [0.1, 0.15) is 0 Å². The fourth-order valence-corrected chi connectivity index (χ4v) is 2.84. The van der Waals surface area contributed by atoms with Crippen LogP contribution in [0.1, 0.15) is 33.6 Å². The van der Waals surface area contributed by atoms with Crippen LogP contribution in [0, 0.1) is 0 Å². The van der Waals surface area contributed by atoms with Gasteiger partial charge in [0.05, 0.1) is 19.3 Å². The third-order valence-corrected chi connectivity index (χ3v) is 4.16. The lowest BCUT2D eigenvalue weighted by atomic mass is 10.2. The summed E-state index contributed by atoms with van der Waals surface area (Å²) in [6.45, 7) is 8.37. The average molecular weight is 274 g/mol. The van der Waals surface area contributed by atoms with Crippen molar-refractivity contribution in [3.8, 4) is 0 Å². The predicted molar refractivity (Wildman–Crippen MR) is 77.2 cm³/mol. The molecule has 1 saturated heterocycles. The maximum absolute atomic E-state index is 12.2. The summed E-state index contributed by atoms with van der Waals surface area (Å²) in [5.74, 6) is 2.25. The molecule has 2 atom stereocenters. The zero-order chi connectivity index (χ0) is 13.4. The largest absolute Gasteiger partial charge is 0.377 e. The van der Waals surface area contributed by atoms with Gasteiger partial charge in [-0.05, 0) is 31.3 Å². The number of carbonyl (C=O) groups is 1. The quantitative estimate of drug-likeness (QED) is 0.756. The molecule has 0 spiro atoms. The second-order valence-corrected chi connectivity index (χ2v) is 6.06. The van der Waals surface area contributed by atoms with Gasteiger partial charge in [0.25, 0.3) is 0 Å². The van der Waals surface area contributed by atoms with E-state index in [1.54, 1.807) is 0 Å². The smallest absolute Gasteiger partial charge is 0.318 e. The first-order valence-electron chi connectivity index (χ1n) is 6.91. The monoisotopic (exact) mass is 274 g/mol. The summed E-state index contributed by atoms with van der Waals surface area (Å²) >= 11 is 1.92. The SMILES string of the molecule is CCSCC[C@H](C)NC(=O)N1CCOC[C@@H]1CC. The van der Waals surface area contributed by atoms with E-state index < -0.39 is 0 Å². The Labute approximate surface area is 115 Å². The maximum atomic E-state index is 12.2. The van der Waals surface area contributed by atoms with E-state index in [1.165, 1.54) is 0 Å². The fourth-order valence-electron chi connectivity index (χ4n) is 2.03. The van der Waals surface area contributed by atoms with Gasteiger partial charge in [0, 0.05) is 12.6 Å². The van der Waals surface area contributed by atoms with Gasteiger partial charge < -0.3 is 15.0 Å². The molecule has 0 saturated carbocycles.